The number of amides is 2. The summed E-state index contributed by atoms with van der Waals surface area (Å²) in [4.78, 5) is 36.8. The number of anilines is 2. The number of nitrogens with one attached hydrogen (secondary N) is 1. The second kappa shape index (κ2) is 7.01. The van der Waals surface area contributed by atoms with Crippen LogP contribution in [0.3, 0.4) is 0 Å². The van der Waals surface area contributed by atoms with Crippen molar-refractivity contribution in [1.82, 2.24) is 0 Å². The van der Waals surface area contributed by atoms with Gasteiger partial charge in [0, 0.05) is 36.5 Å². The van der Waals surface area contributed by atoms with E-state index < -0.39 is 16.7 Å². The van der Waals surface area contributed by atoms with Crippen LogP contribution in [0.25, 0.3) is 0 Å². The fraction of sp³-hybridized carbons (Fsp3) is 0.222. The van der Waals surface area contributed by atoms with Gasteiger partial charge in [-0.2, -0.15) is 0 Å². The molecular weight excluding hydrogens is 390 g/mol. The van der Waals surface area contributed by atoms with Crippen LogP contribution >= 0.6 is 11.6 Å². The van der Waals surface area contributed by atoms with E-state index in [1.54, 1.807) is 18.2 Å². The summed E-state index contributed by atoms with van der Waals surface area (Å²) in [7, 11) is 0. The summed E-state index contributed by atoms with van der Waals surface area (Å²) in [6.45, 7) is 0.324. The SMILES string of the molecule is O=C(Nc1ccc(Cl)c([N+](=O)[O-])c1)[C@@H]1CC(=O)N(c2ccc3c(c2)OCO3)C1. The molecule has 144 valence electrons. The first kappa shape index (κ1) is 18.1. The first-order chi connectivity index (χ1) is 13.4. The molecule has 1 N–H and O–H groups in total. The lowest BCUT2D eigenvalue weighted by molar-refractivity contribution is -0.384. The van der Waals surface area contributed by atoms with Crippen molar-refractivity contribution in [3.63, 3.8) is 0 Å². The number of fused-ring (bicyclic) bond motifs is 1. The van der Waals surface area contributed by atoms with E-state index in [0.29, 0.717) is 17.2 Å². The van der Waals surface area contributed by atoms with Gasteiger partial charge in [-0.3, -0.25) is 19.7 Å². The minimum atomic E-state index is -0.627. The van der Waals surface area contributed by atoms with Gasteiger partial charge >= 0.3 is 0 Å². The molecular formula is C18H14ClN3O6. The number of hydrogen-bond acceptors (Lipinski definition) is 6. The zero-order valence-corrected chi connectivity index (χ0v) is 15.1. The smallest absolute Gasteiger partial charge is 0.289 e. The second-order valence-electron chi connectivity index (χ2n) is 6.36. The number of rotatable bonds is 4. The van der Waals surface area contributed by atoms with Crippen LogP contribution in [0.1, 0.15) is 6.42 Å². The molecule has 2 amide bonds. The number of benzene rings is 2. The third kappa shape index (κ3) is 3.31. The Morgan fingerprint density at radius 1 is 1.21 bits per heavy atom. The largest absolute Gasteiger partial charge is 0.454 e. The fourth-order valence-electron chi connectivity index (χ4n) is 3.16. The normalized spacial score (nSPS) is 17.7. The molecule has 0 aromatic heterocycles. The Hall–Kier alpha value is -3.33. The van der Waals surface area contributed by atoms with E-state index >= 15 is 0 Å². The molecule has 2 aliphatic heterocycles. The summed E-state index contributed by atoms with van der Waals surface area (Å²) in [5.41, 5.74) is 0.561. The maximum atomic E-state index is 12.6. The molecule has 0 aliphatic carbocycles. The summed E-state index contributed by atoms with van der Waals surface area (Å²) in [5.74, 6) is -0.0253. The van der Waals surface area contributed by atoms with E-state index in [-0.39, 0.29) is 42.1 Å². The summed E-state index contributed by atoms with van der Waals surface area (Å²) < 4.78 is 10.6. The number of carbonyl (C=O) groups excluding carboxylic acids is 2. The number of nitro groups is 1. The van der Waals surface area contributed by atoms with E-state index in [0.717, 1.165) is 0 Å². The van der Waals surface area contributed by atoms with Crippen LogP contribution in [0.5, 0.6) is 11.5 Å². The molecule has 0 spiro atoms. The number of ether oxygens (including phenoxy) is 2. The summed E-state index contributed by atoms with van der Waals surface area (Å²) in [6, 6.07) is 9.14. The summed E-state index contributed by atoms with van der Waals surface area (Å²) >= 11 is 5.78. The Kier molecular flexibility index (Phi) is 4.52. The van der Waals surface area contributed by atoms with Crippen LogP contribution in [0.2, 0.25) is 5.02 Å². The third-order valence-corrected chi connectivity index (χ3v) is 4.89. The number of nitro benzene ring substituents is 1. The molecule has 2 heterocycles. The van der Waals surface area contributed by atoms with Crippen LogP contribution in [0, 0.1) is 16.0 Å². The minimum Gasteiger partial charge on any atom is -0.454 e. The predicted octanol–water partition coefficient (Wildman–Crippen LogP) is 2.97. The van der Waals surface area contributed by atoms with Crippen LogP contribution in [-0.4, -0.2) is 30.1 Å². The molecule has 28 heavy (non-hydrogen) atoms. The Labute approximate surface area is 163 Å². The highest BCUT2D eigenvalue weighted by atomic mass is 35.5. The van der Waals surface area contributed by atoms with Crippen molar-refractivity contribution < 1.29 is 24.0 Å². The highest BCUT2D eigenvalue weighted by Gasteiger charge is 2.36. The number of hydrogen-bond donors (Lipinski definition) is 1. The van der Waals surface area contributed by atoms with Crippen molar-refractivity contribution in [3.8, 4) is 11.5 Å². The average Bonchev–Trinajstić information content (AvgIpc) is 3.28. The number of nitrogens with zero attached hydrogens (tertiary/aromatic N) is 2. The van der Waals surface area contributed by atoms with Crippen molar-refractivity contribution in [2.24, 2.45) is 5.92 Å². The van der Waals surface area contributed by atoms with Crippen molar-refractivity contribution in [3.05, 3.63) is 51.5 Å². The molecule has 1 atom stereocenters. The zero-order chi connectivity index (χ0) is 19.8. The second-order valence-corrected chi connectivity index (χ2v) is 6.76. The topological polar surface area (TPSA) is 111 Å². The van der Waals surface area contributed by atoms with E-state index in [1.165, 1.54) is 23.1 Å². The van der Waals surface area contributed by atoms with E-state index in [9.17, 15) is 19.7 Å². The van der Waals surface area contributed by atoms with Crippen molar-refractivity contribution in [2.45, 2.75) is 6.42 Å². The maximum Gasteiger partial charge on any atom is 0.289 e. The lowest BCUT2D eigenvalue weighted by atomic mass is 10.1. The molecule has 1 saturated heterocycles. The lowest BCUT2D eigenvalue weighted by Gasteiger charge is -2.17. The van der Waals surface area contributed by atoms with Gasteiger partial charge in [0.1, 0.15) is 5.02 Å². The van der Waals surface area contributed by atoms with E-state index in [2.05, 4.69) is 5.32 Å². The molecule has 2 aromatic carbocycles. The van der Waals surface area contributed by atoms with Gasteiger partial charge in [0.15, 0.2) is 11.5 Å². The molecule has 1 fully saturated rings. The fourth-order valence-corrected chi connectivity index (χ4v) is 3.35. The Balaban J connectivity index is 1.47. The molecule has 0 radical (unpaired) electrons. The standard InChI is InChI=1S/C18H14ClN3O6/c19-13-3-1-11(6-14(13)22(25)26)20-18(24)10-5-17(23)21(8-10)12-2-4-15-16(7-12)28-9-27-15/h1-4,6-7,10H,5,8-9H2,(H,20,24)/t10-/m1/s1. The highest BCUT2D eigenvalue weighted by Crippen LogP contribution is 2.37. The molecule has 10 heteroatoms. The average molecular weight is 404 g/mol. The summed E-state index contributed by atoms with van der Waals surface area (Å²) in [5, 5.41) is 13.6. The van der Waals surface area contributed by atoms with Crippen molar-refractivity contribution in [1.29, 1.82) is 0 Å². The molecule has 9 nitrogen and oxygen atoms in total. The van der Waals surface area contributed by atoms with Gasteiger partial charge in [-0.1, -0.05) is 11.6 Å². The minimum absolute atomic E-state index is 0.0203. The van der Waals surface area contributed by atoms with Crippen LogP contribution in [-0.2, 0) is 9.59 Å². The molecule has 4 rings (SSSR count). The number of carbonyl (C=O) groups is 2. The van der Waals surface area contributed by atoms with Crippen molar-refractivity contribution in [2.75, 3.05) is 23.6 Å². The Bertz CT molecular complexity index is 995. The van der Waals surface area contributed by atoms with E-state index in [4.69, 9.17) is 21.1 Å². The molecule has 0 bridgehead atoms. The van der Waals surface area contributed by atoms with Crippen LogP contribution in [0.15, 0.2) is 36.4 Å². The number of halogens is 1. The molecule has 2 aliphatic rings. The van der Waals surface area contributed by atoms with Gasteiger partial charge in [-0.05, 0) is 24.3 Å². The van der Waals surface area contributed by atoms with Gasteiger partial charge in [-0.15, -0.1) is 0 Å². The van der Waals surface area contributed by atoms with E-state index in [1.807, 2.05) is 0 Å². The lowest BCUT2D eigenvalue weighted by Crippen LogP contribution is -2.28. The van der Waals surface area contributed by atoms with Crippen LogP contribution in [0.4, 0.5) is 17.1 Å². The first-order valence-corrected chi connectivity index (χ1v) is 8.75. The predicted molar refractivity (Wildman–Crippen MR) is 99.8 cm³/mol. The van der Waals surface area contributed by atoms with Crippen molar-refractivity contribution >= 4 is 40.5 Å². The van der Waals surface area contributed by atoms with Crippen LogP contribution < -0.4 is 19.7 Å². The molecule has 0 unspecified atom stereocenters. The van der Waals surface area contributed by atoms with Gasteiger partial charge in [0.25, 0.3) is 5.69 Å². The summed E-state index contributed by atoms with van der Waals surface area (Å²) in [6.07, 6.45) is 0.0377. The quantitative estimate of drug-likeness (QED) is 0.620. The van der Waals surface area contributed by atoms with Gasteiger partial charge in [0.2, 0.25) is 18.6 Å². The monoisotopic (exact) mass is 403 g/mol. The highest BCUT2D eigenvalue weighted by molar-refractivity contribution is 6.32. The van der Waals surface area contributed by atoms with Gasteiger partial charge in [0.05, 0.1) is 10.8 Å². The maximum absolute atomic E-state index is 12.6. The molecule has 0 saturated carbocycles. The zero-order valence-electron chi connectivity index (χ0n) is 14.4. The third-order valence-electron chi connectivity index (χ3n) is 4.57. The first-order valence-electron chi connectivity index (χ1n) is 8.37. The van der Waals surface area contributed by atoms with Gasteiger partial charge < -0.3 is 19.7 Å². The Morgan fingerprint density at radius 2 is 2.00 bits per heavy atom. The molecule has 2 aromatic rings. The van der Waals surface area contributed by atoms with Gasteiger partial charge in [-0.25, -0.2) is 0 Å². The Morgan fingerprint density at radius 3 is 2.79 bits per heavy atom.